The van der Waals surface area contributed by atoms with Crippen LogP contribution in [0, 0.1) is 0 Å². The van der Waals surface area contributed by atoms with Gasteiger partial charge in [-0.25, -0.2) is 8.42 Å². The van der Waals surface area contributed by atoms with Crippen molar-refractivity contribution in [3.8, 4) is 5.69 Å². The van der Waals surface area contributed by atoms with E-state index in [-0.39, 0.29) is 0 Å². The lowest BCUT2D eigenvalue weighted by molar-refractivity contribution is 0.593. The Morgan fingerprint density at radius 1 is 1.11 bits per heavy atom. The summed E-state index contributed by atoms with van der Waals surface area (Å²) < 4.78 is 25.9. The molecule has 0 bridgehead atoms. The molecule has 0 saturated heterocycles. The van der Waals surface area contributed by atoms with Crippen LogP contribution in [0.2, 0.25) is 0 Å². The molecule has 6 nitrogen and oxygen atoms in total. The Labute approximate surface area is 106 Å². The van der Waals surface area contributed by atoms with E-state index < -0.39 is 15.3 Å². The zero-order valence-electron chi connectivity index (χ0n) is 10.1. The number of aromatic nitrogens is 3. The number of nitrogens with one attached hydrogen (secondary N) is 1. The highest BCUT2D eigenvalue weighted by atomic mass is 32.2. The van der Waals surface area contributed by atoms with E-state index in [1.165, 1.54) is 4.80 Å². The third kappa shape index (κ3) is 2.67. The lowest BCUT2D eigenvalue weighted by atomic mass is 10.3. The van der Waals surface area contributed by atoms with Gasteiger partial charge in [-0.15, -0.1) is 0 Å². The average Bonchev–Trinajstić information content (AvgIpc) is 2.83. The van der Waals surface area contributed by atoms with Gasteiger partial charge in [-0.2, -0.15) is 15.0 Å². The van der Waals surface area contributed by atoms with Gasteiger partial charge in [0.2, 0.25) is 10.0 Å². The zero-order valence-corrected chi connectivity index (χ0v) is 10.9. The smallest absolute Gasteiger partial charge is 0.235 e. The maximum atomic E-state index is 11.7. The predicted molar refractivity (Wildman–Crippen MR) is 69.0 cm³/mol. The molecule has 1 aromatic carbocycles. The van der Waals surface area contributed by atoms with Gasteiger partial charge in [0.25, 0.3) is 0 Å². The zero-order chi connectivity index (χ0) is 13.2. The maximum Gasteiger partial charge on any atom is 0.235 e. The monoisotopic (exact) mass is 266 g/mol. The highest BCUT2D eigenvalue weighted by molar-refractivity contribution is 7.93. The first-order valence-electron chi connectivity index (χ1n) is 5.47. The van der Waals surface area contributed by atoms with Crippen molar-refractivity contribution in [2.24, 2.45) is 0 Å². The van der Waals surface area contributed by atoms with Gasteiger partial charge in [0.1, 0.15) is 0 Å². The Bertz CT molecular complexity index is 603. The lowest BCUT2D eigenvalue weighted by Crippen LogP contribution is -2.22. The fourth-order valence-electron chi connectivity index (χ4n) is 1.29. The Hall–Kier alpha value is -1.89. The molecule has 0 aliphatic heterocycles. The number of sulfonamides is 1. The van der Waals surface area contributed by atoms with Crippen LogP contribution in [-0.4, -0.2) is 28.7 Å². The van der Waals surface area contributed by atoms with Gasteiger partial charge < -0.3 is 0 Å². The average molecular weight is 266 g/mol. The summed E-state index contributed by atoms with van der Waals surface area (Å²) in [5, 5.41) is 7.50. The molecule has 0 unspecified atom stereocenters. The second-order valence-electron chi connectivity index (χ2n) is 4.06. The summed E-state index contributed by atoms with van der Waals surface area (Å²) in [7, 11) is -3.31. The molecular weight excluding hydrogens is 252 g/mol. The Kier molecular flexibility index (Phi) is 3.33. The van der Waals surface area contributed by atoms with E-state index in [9.17, 15) is 8.42 Å². The van der Waals surface area contributed by atoms with E-state index >= 15 is 0 Å². The highest BCUT2D eigenvalue weighted by Gasteiger charge is 2.15. The van der Waals surface area contributed by atoms with Gasteiger partial charge in [-0.3, -0.25) is 4.72 Å². The first kappa shape index (κ1) is 12.6. The quantitative estimate of drug-likeness (QED) is 0.907. The molecule has 0 fully saturated rings. The topological polar surface area (TPSA) is 76.9 Å². The number of hydrogen-bond acceptors (Lipinski definition) is 4. The first-order valence-corrected chi connectivity index (χ1v) is 7.02. The molecule has 0 aliphatic rings. The van der Waals surface area contributed by atoms with Crippen LogP contribution in [0.4, 0.5) is 5.69 Å². The maximum absolute atomic E-state index is 11.7. The molecule has 2 rings (SSSR count). The summed E-state index contributed by atoms with van der Waals surface area (Å²) in [6.07, 6.45) is 3.16. The molecule has 0 aliphatic carbocycles. The molecule has 0 atom stereocenters. The molecule has 0 amide bonds. The molecule has 1 heterocycles. The minimum Gasteiger partial charge on any atom is -0.283 e. The fourth-order valence-corrected chi connectivity index (χ4v) is 1.99. The molecule has 0 radical (unpaired) electrons. The molecule has 0 saturated carbocycles. The molecule has 0 spiro atoms. The van der Waals surface area contributed by atoms with Crippen LogP contribution in [0.25, 0.3) is 5.69 Å². The molecule has 96 valence electrons. The van der Waals surface area contributed by atoms with Crippen LogP contribution >= 0.6 is 0 Å². The summed E-state index contributed by atoms with van der Waals surface area (Å²) in [6.45, 7) is 3.26. The largest absolute Gasteiger partial charge is 0.283 e. The summed E-state index contributed by atoms with van der Waals surface area (Å²) in [4.78, 5) is 1.46. The lowest BCUT2D eigenvalue weighted by Gasteiger charge is -2.10. The first-order chi connectivity index (χ1) is 8.49. The van der Waals surface area contributed by atoms with Crippen molar-refractivity contribution in [1.29, 1.82) is 0 Å². The minimum absolute atomic E-state index is 0.468. The summed E-state index contributed by atoms with van der Waals surface area (Å²) in [5.41, 5.74) is 1.30. The molecule has 1 N–H and O–H groups in total. The summed E-state index contributed by atoms with van der Waals surface area (Å²) in [6, 6.07) is 6.85. The van der Waals surface area contributed by atoms with Crippen molar-refractivity contribution in [2.75, 3.05) is 4.72 Å². The number of anilines is 1. The number of rotatable bonds is 4. The van der Waals surface area contributed by atoms with Crippen molar-refractivity contribution in [3.63, 3.8) is 0 Å². The highest BCUT2D eigenvalue weighted by Crippen LogP contribution is 2.14. The van der Waals surface area contributed by atoms with Gasteiger partial charge in [-0.1, -0.05) is 0 Å². The van der Waals surface area contributed by atoms with Crippen molar-refractivity contribution < 1.29 is 8.42 Å². The van der Waals surface area contributed by atoms with Gasteiger partial charge in [-0.05, 0) is 38.1 Å². The van der Waals surface area contributed by atoms with Crippen LogP contribution in [0.5, 0.6) is 0 Å². The van der Waals surface area contributed by atoms with Crippen LogP contribution < -0.4 is 4.72 Å². The van der Waals surface area contributed by atoms with Gasteiger partial charge in [0.15, 0.2) is 0 Å². The standard InChI is InChI=1S/C11H14N4O2S/c1-9(2)18(16,17)14-10-3-5-11(6-4-10)15-12-7-8-13-15/h3-9,14H,1-2H3. The minimum atomic E-state index is -3.31. The van der Waals surface area contributed by atoms with Crippen LogP contribution in [0.3, 0.4) is 0 Å². The van der Waals surface area contributed by atoms with Crippen molar-refractivity contribution in [3.05, 3.63) is 36.7 Å². The fraction of sp³-hybridized carbons (Fsp3) is 0.273. The van der Waals surface area contributed by atoms with Crippen LogP contribution in [-0.2, 0) is 10.0 Å². The Morgan fingerprint density at radius 3 is 2.17 bits per heavy atom. The third-order valence-corrected chi connectivity index (χ3v) is 4.16. The van der Waals surface area contributed by atoms with E-state index in [4.69, 9.17) is 0 Å². The molecule has 2 aromatic rings. The molecular formula is C11H14N4O2S. The van der Waals surface area contributed by atoms with E-state index in [0.717, 1.165) is 5.69 Å². The van der Waals surface area contributed by atoms with Crippen LogP contribution in [0.1, 0.15) is 13.8 Å². The van der Waals surface area contributed by atoms with E-state index in [2.05, 4.69) is 14.9 Å². The number of hydrogen-bond donors (Lipinski definition) is 1. The summed E-state index contributed by atoms with van der Waals surface area (Å²) in [5.74, 6) is 0. The molecule has 1 aromatic heterocycles. The third-order valence-electron chi connectivity index (χ3n) is 2.40. The van der Waals surface area contributed by atoms with E-state index in [1.54, 1.807) is 50.5 Å². The molecule has 18 heavy (non-hydrogen) atoms. The van der Waals surface area contributed by atoms with Crippen LogP contribution in [0.15, 0.2) is 36.7 Å². The summed E-state index contributed by atoms with van der Waals surface area (Å²) >= 11 is 0. The Balaban J connectivity index is 2.19. The van der Waals surface area contributed by atoms with Crippen molar-refractivity contribution >= 4 is 15.7 Å². The van der Waals surface area contributed by atoms with Gasteiger partial charge in [0.05, 0.1) is 23.3 Å². The van der Waals surface area contributed by atoms with E-state index in [0.29, 0.717) is 5.69 Å². The second-order valence-corrected chi connectivity index (χ2v) is 6.30. The number of nitrogens with zero attached hydrogens (tertiary/aromatic N) is 3. The normalized spacial score (nSPS) is 11.7. The second kappa shape index (κ2) is 4.77. The molecule has 7 heteroatoms. The van der Waals surface area contributed by atoms with Gasteiger partial charge >= 0.3 is 0 Å². The predicted octanol–water partition coefficient (Wildman–Crippen LogP) is 1.42. The SMILES string of the molecule is CC(C)S(=O)(=O)Nc1ccc(-n2nccn2)cc1. The van der Waals surface area contributed by atoms with E-state index in [1.807, 2.05) is 0 Å². The van der Waals surface area contributed by atoms with Crippen molar-refractivity contribution in [2.45, 2.75) is 19.1 Å². The van der Waals surface area contributed by atoms with Crippen molar-refractivity contribution in [1.82, 2.24) is 15.0 Å². The Morgan fingerprint density at radius 2 is 1.67 bits per heavy atom. The van der Waals surface area contributed by atoms with Gasteiger partial charge in [0, 0.05) is 5.69 Å². The number of benzene rings is 1.